The number of hydrogen-bond acceptors (Lipinski definition) is 3. The molecule has 5 heteroatoms. The van der Waals surface area contributed by atoms with Crippen molar-refractivity contribution in [2.45, 2.75) is 173 Å². The molecule has 0 saturated heterocycles. The second-order valence-electron chi connectivity index (χ2n) is 12.1. The van der Waals surface area contributed by atoms with Crippen molar-refractivity contribution in [2.24, 2.45) is 0 Å². The van der Waals surface area contributed by atoms with E-state index >= 15 is 0 Å². The maximum atomic E-state index is 12.2. The maximum absolute atomic E-state index is 12.2. The third kappa shape index (κ3) is 16.8. The first-order valence-electron chi connectivity index (χ1n) is 17.0. The van der Waals surface area contributed by atoms with Crippen LogP contribution in [0.25, 0.3) is 10.8 Å². The molecule has 2 aromatic rings. The molecule has 0 aliphatic rings. The molecule has 0 spiro atoms. The molecule has 0 aliphatic carbocycles. The van der Waals surface area contributed by atoms with E-state index in [1.54, 1.807) is 6.07 Å². The van der Waals surface area contributed by atoms with Gasteiger partial charge in [-0.25, -0.2) is 8.42 Å². The molecule has 228 valence electrons. The number of benzene rings is 2. The van der Waals surface area contributed by atoms with Crippen LogP contribution in [0.3, 0.4) is 0 Å². The van der Waals surface area contributed by atoms with Crippen LogP contribution >= 0.6 is 0 Å². The van der Waals surface area contributed by atoms with Crippen LogP contribution in [0.2, 0.25) is 0 Å². The van der Waals surface area contributed by atoms with Gasteiger partial charge in [0.25, 0.3) is 0 Å². The average Bonchev–Trinajstić information content (AvgIpc) is 2.94. The van der Waals surface area contributed by atoms with E-state index in [1.165, 1.54) is 128 Å². The third-order valence-corrected chi connectivity index (χ3v) is 9.43. The number of hydrogen-bond donors (Lipinski definition) is 0. The molecule has 2 aromatic carbocycles. The molecule has 41 heavy (non-hydrogen) atoms. The van der Waals surface area contributed by atoms with Crippen molar-refractivity contribution in [1.29, 1.82) is 0 Å². The standard InChI is InChI=1S/C36H60O3S.K/c1-3-5-7-9-11-13-15-17-19-21-23-26-32-30-31-35(40(37,38)39)36-33(28-25-29-34(32)36)27-24-22-20-18-16-14-12-10-8-6-4-2;/h25,28-31H,3-24,26-27H2,1-2H3,(H,37,38,39);/q;+1/p-1. The summed E-state index contributed by atoms with van der Waals surface area (Å²) in [5.41, 5.74) is 2.20. The molecule has 2 rings (SSSR count). The molecule has 0 saturated carbocycles. The molecule has 0 atom stereocenters. The van der Waals surface area contributed by atoms with Crippen molar-refractivity contribution in [3.63, 3.8) is 0 Å². The van der Waals surface area contributed by atoms with Crippen LogP contribution in [-0.2, 0) is 23.0 Å². The van der Waals surface area contributed by atoms with E-state index in [-0.39, 0.29) is 56.3 Å². The van der Waals surface area contributed by atoms with Crippen molar-refractivity contribution in [2.75, 3.05) is 0 Å². The molecule has 0 bridgehead atoms. The van der Waals surface area contributed by atoms with E-state index < -0.39 is 10.1 Å². The Kier molecular flexibility index (Phi) is 23.5. The van der Waals surface area contributed by atoms with Gasteiger partial charge in [0.2, 0.25) is 0 Å². The van der Waals surface area contributed by atoms with E-state index in [0.29, 0.717) is 5.39 Å². The summed E-state index contributed by atoms with van der Waals surface area (Å²) in [6.07, 6.45) is 30.4. The molecule has 3 nitrogen and oxygen atoms in total. The van der Waals surface area contributed by atoms with Crippen LogP contribution in [0, 0.1) is 0 Å². The van der Waals surface area contributed by atoms with Crippen molar-refractivity contribution in [3.05, 3.63) is 41.5 Å². The summed E-state index contributed by atoms with van der Waals surface area (Å²) >= 11 is 0. The summed E-state index contributed by atoms with van der Waals surface area (Å²) in [4.78, 5) is -0.0381. The molecule has 0 heterocycles. The minimum atomic E-state index is -4.52. The van der Waals surface area contributed by atoms with Crippen molar-refractivity contribution in [1.82, 2.24) is 0 Å². The van der Waals surface area contributed by atoms with Gasteiger partial charge in [-0.3, -0.25) is 0 Å². The predicted octanol–water partition coefficient (Wildman–Crippen LogP) is 8.45. The Morgan fingerprint density at radius 2 is 0.902 bits per heavy atom. The molecule has 0 aliphatic heterocycles. The van der Waals surface area contributed by atoms with E-state index in [2.05, 4.69) is 13.8 Å². The van der Waals surface area contributed by atoms with Crippen LogP contribution < -0.4 is 51.4 Å². The van der Waals surface area contributed by atoms with Crippen LogP contribution in [0.5, 0.6) is 0 Å². The Labute approximate surface area is 296 Å². The third-order valence-electron chi connectivity index (χ3n) is 8.55. The summed E-state index contributed by atoms with van der Waals surface area (Å²) < 4.78 is 36.5. The molecule has 0 amide bonds. The predicted molar refractivity (Wildman–Crippen MR) is 172 cm³/mol. The van der Waals surface area contributed by atoms with Gasteiger partial charge in [-0.05, 0) is 48.3 Å². The van der Waals surface area contributed by atoms with Gasteiger partial charge < -0.3 is 4.55 Å². The molecule has 0 radical (unpaired) electrons. The van der Waals surface area contributed by atoms with Crippen molar-refractivity contribution >= 4 is 20.9 Å². The minimum absolute atomic E-state index is 0. The normalized spacial score (nSPS) is 11.7. The Morgan fingerprint density at radius 1 is 0.512 bits per heavy atom. The summed E-state index contributed by atoms with van der Waals surface area (Å²) in [6.45, 7) is 4.53. The summed E-state index contributed by atoms with van der Waals surface area (Å²) in [5.74, 6) is 0. The Hall–Kier alpha value is 0.246. The number of rotatable bonds is 25. The molecule has 0 unspecified atom stereocenters. The fourth-order valence-electron chi connectivity index (χ4n) is 6.10. The topological polar surface area (TPSA) is 57.2 Å². The zero-order chi connectivity index (χ0) is 28.9. The number of fused-ring (bicyclic) bond motifs is 1. The van der Waals surface area contributed by atoms with Crippen molar-refractivity contribution in [3.8, 4) is 0 Å². The van der Waals surface area contributed by atoms with Gasteiger partial charge in [0.05, 0.1) is 4.90 Å². The molecule has 0 fully saturated rings. The molecule has 0 aromatic heterocycles. The zero-order valence-electron chi connectivity index (χ0n) is 27.0. The first-order chi connectivity index (χ1) is 19.5. The largest absolute Gasteiger partial charge is 1.00 e. The SMILES string of the molecule is CCCCCCCCCCCCCc1ccc(S(=O)(=O)[O-])c2c(CCCCCCCCCCCCC)cccc12.[K+]. The van der Waals surface area contributed by atoms with Gasteiger partial charge in [0, 0.05) is 5.39 Å². The first kappa shape index (κ1) is 39.3. The van der Waals surface area contributed by atoms with Gasteiger partial charge in [-0.15, -0.1) is 0 Å². The second kappa shape index (κ2) is 24.6. The Bertz CT molecular complexity index is 1030. The minimum Gasteiger partial charge on any atom is -0.744 e. The Morgan fingerprint density at radius 3 is 1.32 bits per heavy atom. The van der Waals surface area contributed by atoms with Gasteiger partial charge in [-0.1, -0.05) is 167 Å². The van der Waals surface area contributed by atoms with Gasteiger partial charge in [0.15, 0.2) is 0 Å². The van der Waals surface area contributed by atoms with Gasteiger partial charge in [-0.2, -0.15) is 0 Å². The average molecular weight is 611 g/mol. The summed E-state index contributed by atoms with van der Waals surface area (Å²) in [5, 5.41) is 1.65. The van der Waals surface area contributed by atoms with E-state index in [1.807, 2.05) is 24.3 Å². The van der Waals surface area contributed by atoms with E-state index in [4.69, 9.17) is 0 Å². The fraction of sp³-hybridized carbons (Fsp3) is 0.722. The maximum Gasteiger partial charge on any atom is 1.00 e. The number of aryl methyl sites for hydroxylation is 2. The summed E-state index contributed by atoms with van der Waals surface area (Å²) in [6, 6.07) is 9.54. The monoisotopic (exact) mass is 610 g/mol. The van der Waals surface area contributed by atoms with E-state index in [0.717, 1.165) is 43.1 Å². The van der Waals surface area contributed by atoms with Crippen LogP contribution in [-0.4, -0.2) is 13.0 Å². The Balaban J connectivity index is 0.00000840. The van der Waals surface area contributed by atoms with Gasteiger partial charge in [0.1, 0.15) is 10.1 Å². The van der Waals surface area contributed by atoms with Crippen LogP contribution in [0.4, 0.5) is 0 Å². The quantitative estimate of drug-likeness (QED) is 0.0644. The zero-order valence-corrected chi connectivity index (χ0v) is 30.9. The molecular formula is C36H59KO3S. The summed E-state index contributed by atoms with van der Waals surface area (Å²) in [7, 11) is -4.52. The molecular weight excluding hydrogens is 552 g/mol. The second-order valence-corrected chi connectivity index (χ2v) is 13.4. The smallest absolute Gasteiger partial charge is 0.744 e. The van der Waals surface area contributed by atoms with E-state index in [9.17, 15) is 13.0 Å². The molecule has 0 N–H and O–H groups in total. The van der Waals surface area contributed by atoms with Crippen LogP contribution in [0.1, 0.15) is 166 Å². The fourth-order valence-corrected chi connectivity index (χ4v) is 6.83. The number of unbranched alkanes of at least 4 members (excludes halogenated alkanes) is 20. The van der Waals surface area contributed by atoms with Crippen molar-refractivity contribution < 1.29 is 64.4 Å². The first-order valence-corrected chi connectivity index (χ1v) is 18.4. The van der Waals surface area contributed by atoms with Gasteiger partial charge >= 0.3 is 51.4 Å². The van der Waals surface area contributed by atoms with Crippen LogP contribution in [0.15, 0.2) is 35.2 Å².